The van der Waals surface area contributed by atoms with Gasteiger partial charge < -0.3 is 0 Å². The maximum Gasteiger partial charge on any atom is 0.280 e. The average Bonchev–Trinajstić information content (AvgIpc) is 2.39. The number of benzene rings is 1. The fraction of sp³-hybridized carbons (Fsp3) is 0.417. The quantitative estimate of drug-likeness (QED) is 0.470. The summed E-state index contributed by atoms with van der Waals surface area (Å²) in [7, 11) is 0. The molecule has 1 saturated heterocycles. The zero-order valence-corrected chi connectivity index (χ0v) is 10.1. The van der Waals surface area contributed by atoms with Crippen LogP contribution in [0.1, 0.15) is 29.6 Å². The molecule has 0 radical (unpaired) electrons. The van der Waals surface area contributed by atoms with Gasteiger partial charge in [0.2, 0.25) is 0 Å². The van der Waals surface area contributed by atoms with Gasteiger partial charge in [0, 0.05) is 6.07 Å². The van der Waals surface area contributed by atoms with Crippen LogP contribution in [0.3, 0.4) is 0 Å². The molecule has 4 nitrogen and oxygen atoms in total. The number of para-hydroxylation sites is 1. The Balaban J connectivity index is 2.26. The summed E-state index contributed by atoms with van der Waals surface area (Å²) in [6, 6.07) is 6.20. The lowest BCUT2D eigenvalue weighted by Crippen LogP contribution is -2.21. The number of carbonyl (C=O) groups is 1. The second kappa shape index (κ2) is 5.31. The molecule has 17 heavy (non-hydrogen) atoms. The molecule has 0 spiro atoms. The van der Waals surface area contributed by atoms with Gasteiger partial charge in [0.05, 0.1) is 15.7 Å². The van der Waals surface area contributed by atoms with E-state index in [0.717, 1.165) is 25.0 Å². The van der Waals surface area contributed by atoms with E-state index in [0.29, 0.717) is 0 Å². The molecule has 0 aromatic heterocycles. The van der Waals surface area contributed by atoms with Gasteiger partial charge in [-0.1, -0.05) is 18.6 Å². The molecule has 0 saturated carbocycles. The Morgan fingerprint density at radius 3 is 2.76 bits per heavy atom. The molecule has 1 heterocycles. The molecule has 0 N–H and O–H groups in total. The van der Waals surface area contributed by atoms with Crippen molar-refractivity contribution in [3.8, 4) is 0 Å². The lowest BCUT2D eigenvalue weighted by Gasteiger charge is -2.19. The number of Topliss-reactive ketones (excluding diaryl/α,β-unsaturated/α-hetero) is 1. The van der Waals surface area contributed by atoms with Crippen LogP contribution in [0, 0.1) is 10.1 Å². The topological polar surface area (TPSA) is 60.2 Å². The molecule has 1 unspecified atom stereocenters. The molecular formula is C12H13NO3S. The number of carbonyl (C=O) groups excluding carboxylic acids is 1. The Kier molecular flexibility index (Phi) is 3.78. The second-order valence-corrected chi connectivity index (χ2v) is 5.30. The molecule has 1 aromatic rings. The summed E-state index contributed by atoms with van der Waals surface area (Å²) in [4.78, 5) is 22.6. The van der Waals surface area contributed by atoms with Crippen molar-refractivity contribution in [2.75, 3.05) is 5.75 Å². The van der Waals surface area contributed by atoms with E-state index in [1.54, 1.807) is 30.0 Å². The zero-order valence-electron chi connectivity index (χ0n) is 9.30. The van der Waals surface area contributed by atoms with Gasteiger partial charge in [-0.3, -0.25) is 14.9 Å². The van der Waals surface area contributed by atoms with E-state index in [4.69, 9.17) is 0 Å². The van der Waals surface area contributed by atoms with Crippen molar-refractivity contribution in [2.45, 2.75) is 24.5 Å². The Bertz CT molecular complexity index is 441. The summed E-state index contributed by atoms with van der Waals surface area (Å²) in [6.07, 6.45) is 2.99. The van der Waals surface area contributed by atoms with Crippen LogP contribution < -0.4 is 0 Å². The van der Waals surface area contributed by atoms with Crippen molar-refractivity contribution in [1.82, 2.24) is 0 Å². The summed E-state index contributed by atoms with van der Waals surface area (Å²) in [5.41, 5.74) is 0.167. The van der Waals surface area contributed by atoms with E-state index in [2.05, 4.69) is 0 Å². The lowest BCUT2D eigenvalue weighted by atomic mass is 10.0. The highest BCUT2D eigenvalue weighted by molar-refractivity contribution is 8.00. The summed E-state index contributed by atoms with van der Waals surface area (Å²) < 4.78 is 0. The molecule has 1 fully saturated rings. The summed E-state index contributed by atoms with van der Waals surface area (Å²) in [5, 5.41) is 10.7. The fourth-order valence-electron chi connectivity index (χ4n) is 1.96. The van der Waals surface area contributed by atoms with Gasteiger partial charge in [0.1, 0.15) is 0 Å². The molecule has 1 atom stereocenters. The van der Waals surface area contributed by atoms with Crippen LogP contribution in [0.4, 0.5) is 5.69 Å². The predicted octanol–water partition coefficient (Wildman–Crippen LogP) is 3.06. The molecular weight excluding hydrogens is 238 g/mol. The van der Waals surface area contributed by atoms with Gasteiger partial charge in [-0.25, -0.2) is 0 Å². The molecule has 2 rings (SSSR count). The highest BCUT2D eigenvalue weighted by atomic mass is 32.2. The number of nitro benzene ring substituents is 1. The van der Waals surface area contributed by atoms with Crippen molar-refractivity contribution in [1.29, 1.82) is 0 Å². The first-order valence-corrected chi connectivity index (χ1v) is 6.64. The molecule has 1 aliphatic rings. The van der Waals surface area contributed by atoms with E-state index in [9.17, 15) is 14.9 Å². The molecule has 0 bridgehead atoms. The Hall–Kier alpha value is -1.36. The largest absolute Gasteiger partial charge is 0.293 e. The fourth-order valence-corrected chi connectivity index (χ4v) is 3.23. The predicted molar refractivity (Wildman–Crippen MR) is 67.5 cm³/mol. The van der Waals surface area contributed by atoms with Crippen LogP contribution in [0.25, 0.3) is 0 Å². The minimum atomic E-state index is -0.485. The van der Waals surface area contributed by atoms with Crippen molar-refractivity contribution in [2.24, 2.45) is 0 Å². The first-order valence-electron chi connectivity index (χ1n) is 5.59. The third-order valence-corrected chi connectivity index (χ3v) is 4.21. The molecule has 1 aliphatic heterocycles. The number of nitro groups is 1. The van der Waals surface area contributed by atoms with Gasteiger partial charge in [-0.2, -0.15) is 11.8 Å². The number of thioether (sulfide) groups is 1. The Morgan fingerprint density at radius 1 is 1.35 bits per heavy atom. The van der Waals surface area contributed by atoms with Crippen molar-refractivity contribution in [3.05, 3.63) is 39.9 Å². The van der Waals surface area contributed by atoms with E-state index in [-0.39, 0.29) is 22.3 Å². The zero-order chi connectivity index (χ0) is 12.3. The van der Waals surface area contributed by atoms with Crippen molar-refractivity contribution >= 4 is 23.2 Å². The van der Waals surface area contributed by atoms with Gasteiger partial charge in [0.15, 0.2) is 5.78 Å². The third kappa shape index (κ3) is 2.66. The number of rotatable bonds is 3. The van der Waals surface area contributed by atoms with Gasteiger partial charge >= 0.3 is 0 Å². The summed E-state index contributed by atoms with van der Waals surface area (Å²) in [5.74, 6) is 0.874. The molecule has 90 valence electrons. The van der Waals surface area contributed by atoms with Gasteiger partial charge in [0.25, 0.3) is 5.69 Å². The molecule has 0 aliphatic carbocycles. The minimum absolute atomic E-state index is 0.0799. The van der Waals surface area contributed by atoms with E-state index >= 15 is 0 Å². The van der Waals surface area contributed by atoms with Crippen LogP contribution in [0.5, 0.6) is 0 Å². The first-order chi connectivity index (χ1) is 8.20. The molecule has 1 aromatic carbocycles. The Labute approximate surface area is 104 Å². The summed E-state index contributed by atoms with van der Waals surface area (Å²) in [6.45, 7) is 0. The van der Waals surface area contributed by atoms with Gasteiger partial charge in [-0.15, -0.1) is 0 Å². The second-order valence-electron chi connectivity index (χ2n) is 3.99. The highest BCUT2D eigenvalue weighted by Crippen LogP contribution is 2.30. The van der Waals surface area contributed by atoms with Crippen LogP contribution >= 0.6 is 11.8 Å². The van der Waals surface area contributed by atoms with E-state index in [1.165, 1.54) is 6.07 Å². The smallest absolute Gasteiger partial charge is 0.280 e. The first kappa shape index (κ1) is 12.1. The number of nitrogens with zero attached hydrogens (tertiary/aromatic N) is 1. The SMILES string of the molecule is O=C(c1ccccc1[N+](=O)[O-])C1CCCCS1. The maximum atomic E-state index is 12.2. The number of hydrogen-bond acceptors (Lipinski definition) is 4. The Morgan fingerprint density at radius 2 is 2.12 bits per heavy atom. The van der Waals surface area contributed by atoms with Crippen molar-refractivity contribution in [3.63, 3.8) is 0 Å². The van der Waals surface area contributed by atoms with Crippen LogP contribution in [-0.4, -0.2) is 21.7 Å². The lowest BCUT2D eigenvalue weighted by molar-refractivity contribution is -0.385. The normalized spacial score (nSPS) is 19.9. The monoisotopic (exact) mass is 251 g/mol. The molecule has 0 amide bonds. The van der Waals surface area contributed by atoms with E-state index in [1.807, 2.05) is 0 Å². The van der Waals surface area contributed by atoms with Crippen LogP contribution in [0.15, 0.2) is 24.3 Å². The minimum Gasteiger partial charge on any atom is -0.293 e. The molecule has 5 heteroatoms. The van der Waals surface area contributed by atoms with Crippen LogP contribution in [0.2, 0.25) is 0 Å². The highest BCUT2D eigenvalue weighted by Gasteiger charge is 2.27. The van der Waals surface area contributed by atoms with E-state index < -0.39 is 4.92 Å². The number of ketones is 1. The standard InChI is InChI=1S/C12H13NO3S/c14-12(11-7-3-4-8-17-11)9-5-1-2-6-10(9)13(15)16/h1-2,5-6,11H,3-4,7-8H2. The maximum absolute atomic E-state index is 12.2. The van der Waals surface area contributed by atoms with Crippen molar-refractivity contribution < 1.29 is 9.72 Å². The average molecular weight is 251 g/mol. The summed E-state index contributed by atoms with van der Waals surface area (Å²) >= 11 is 1.61. The van der Waals surface area contributed by atoms with Gasteiger partial charge in [-0.05, 0) is 24.7 Å². The third-order valence-electron chi connectivity index (χ3n) is 2.84. The number of hydrogen-bond donors (Lipinski definition) is 0. The van der Waals surface area contributed by atoms with Crippen LogP contribution in [-0.2, 0) is 0 Å².